The standard InChI is InChI=1S/C16H16O2S/c17-16(18)12-15(11-13-7-3-1-4-8-13)19-14-9-5-2-6-10-14/h1-10,15H,11-12H2,(H,17,18). The molecule has 2 nitrogen and oxygen atoms in total. The lowest BCUT2D eigenvalue weighted by Gasteiger charge is -2.14. The van der Waals surface area contributed by atoms with Gasteiger partial charge in [0.25, 0.3) is 0 Å². The van der Waals surface area contributed by atoms with Gasteiger partial charge in [-0.25, -0.2) is 0 Å². The highest BCUT2D eigenvalue weighted by Crippen LogP contribution is 2.27. The maximum atomic E-state index is 11.0. The van der Waals surface area contributed by atoms with Crippen LogP contribution in [0, 0.1) is 0 Å². The highest BCUT2D eigenvalue weighted by Gasteiger charge is 2.15. The number of aliphatic carboxylic acids is 1. The molecule has 2 rings (SSSR count). The lowest BCUT2D eigenvalue weighted by molar-refractivity contribution is -0.136. The molecule has 2 aromatic carbocycles. The van der Waals surface area contributed by atoms with Gasteiger partial charge in [0.1, 0.15) is 0 Å². The van der Waals surface area contributed by atoms with Gasteiger partial charge in [0.05, 0.1) is 6.42 Å². The smallest absolute Gasteiger partial charge is 0.304 e. The molecule has 0 radical (unpaired) electrons. The van der Waals surface area contributed by atoms with Gasteiger partial charge in [0.15, 0.2) is 0 Å². The second-order valence-corrected chi connectivity index (χ2v) is 5.71. The van der Waals surface area contributed by atoms with Crippen molar-refractivity contribution >= 4 is 17.7 Å². The third-order valence-electron chi connectivity index (χ3n) is 2.75. The van der Waals surface area contributed by atoms with Crippen molar-refractivity contribution in [2.75, 3.05) is 0 Å². The van der Waals surface area contributed by atoms with Gasteiger partial charge in [-0.15, -0.1) is 11.8 Å². The topological polar surface area (TPSA) is 37.3 Å². The summed E-state index contributed by atoms with van der Waals surface area (Å²) < 4.78 is 0. The van der Waals surface area contributed by atoms with Gasteiger partial charge >= 0.3 is 5.97 Å². The fourth-order valence-corrected chi connectivity index (χ4v) is 3.12. The average molecular weight is 272 g/mol. The van der Waals surface area contributed by atoms with Crippen LogP contribution in [0.2, 0.25) is 0 Å². The number of rotatable bonds is 6. The van der Waals surface area contributed by atoms with Crippen LogP contribution in [0.4, 0.5) is 0 Å². The van der Waals surface area contributed by atoms with Crippen LogP contribution >= 0.6 is 11.8 Å². The van der Waals surface area contributed by atoms with E-state index in [-0.39, 0.29) is 11.7 Å². The van der Waals surface area contributed by atoms with E-state index < -0.39 is 5.97 Å². The van der Waals surface area contributed by atoms with Crippen molar-refractivity contribution in [3.8, 4) is 0 Å². The van der Waals surface area contributed by atoms with Gasteiger partial charge < -0.3 is 5.11 Å². The Labute approximate surface area is 117 Å². The Morgan fingerprint density at radius 1 is 1.00 bits per heavy atom. The zero-order valence-corrected chi connectivity index (χ0v) is 11.3. The highest BCUT2D eigenvalue weighted by atomic mass is 32.2. The fraction of sp³-hybridized carbons (Fsp3) is 0.188. The molecule has 0 aliphatic rings. The van der Waals surface area contributed by atoms with Gasteiger partial charge in [-0.1, -0.05) is 48.5 Å². The zero-order valence-electron chi connectivity index (χ0n) is 10.5. The molecule has 0 bridgehead atoms. The molecule has 0 amide bonds. The number of hydrogen-bond acceptors (Lipinski definition) is 2. The second kappa shape index (κ2) is 7.00. The van der Waals surface area contributed by atoms with E-state index in [2.05, 4.69) is 0 Å². The minimum atomic E-state index is -0.746. The van der Waals surface area contributed by atoms with Crippen LogP contribution in [-0.4, -0.2) is 16.3 Å². The van der Waals surface area contributed by atoms with E-state index in [0.717, 1.165) is 11.3 Å². The van der Waals surface area contributed by atoms with E-state index >= 15 is 0 Å². The number of carbonyl (C=O) groups is 1. The van der Waals surface area contributed by atoms with Crippen LogP contribution in [0.1, 0.15) is 12.0 Å². The van der Waals surface area contributed by atoms with Gasteiger partial charge in [-0.2, -0.15) is 0 Å². The van der Waals surface area contributed by atoms with Crippen LogP contribution < -0.4 is 0 Å². The third-order valence-corrected chi connectivity index (χ3v) is 3.97. The van der Waals surface area contributed by atoms with Crippen molar-refractivity contribution in [1.82, 2.24) is 0 Å². The van der Waals surface area contributed by atoms with E-state index in [9.17, 15) is 4.79 Å². The van der Waals surface area contributed by atoms with Crippen molar-refractivity contribution in [2.24, 2.45) is 0 Å². The molecule has 1 N–H and O–H groups in total. The summed E-state index contributed by atoms with van der Waals surface area (Å²) in [6.07, 6.45) is 0.946. The van der Waals surface area contributed by atoms with Crippen LogP contribution in [0.15, 0.2) is 65.6 Å². The van der Waals surface area contributed by atoms with E-state index in [1.54, 1.807) is 11.8 Å². The molecule has 0 spiro atoms. The summed E-state index contributed by atoms with van der Waals surface area (Å²) in [5, 5.41) is 9.08. The first-order valence-electron chi connectivity index (χ1n) is 6.21. The Bertz CT molecular complexity index is 469. The van der Waals surface area contributed by atoms with E-state index in [1.165, 1.54) is 5.56 Å². The summed E-state index contributed by atoms with van der Waals surface area (Å²) in [5.74, 6) is -0.746. The van der Waals surface area contributed by atoms with Crippen LogP contribution in [0.3, 0.4) is 0 Å². The monoisotopic (exact) mass is 272 g/mol. The summed E-state index contributed by atoms with van der Waals surface area (Å²) in [6, 6.07) is 20.0. The molecular formula is C16H16O2S. The molecule has 0 saturated heterocycles. The number of carboxylic acids is 1. The molecule has 0 aromatic heterocycles. The Morgan fingerprint density at radius 2 is 1.58 bits per heavy atom. The van der Waals surface area contributed by atoms with Crippen molar-refractivity contribution in [2.45, 2.75) is 23.0 Å². The van der Waals surface area contributed by atoms with Crippen molar-refractivity contribution in [3.05, 3.63) is 66.2 Å². The summed E-state index contributed by atoms with van der Waals surface area (Å²) in [5.41, 5.74) is 1.18. The molecule has 19 heavy (non-hydrogen) atoms. The normalized spacial score (nSPS) is 12.0. The zero-order chi connectivity index (χ0) is 13.5. The second-order valence-electron chi connectivity index (χ2n) is 4.34. The minimum Gasteiger partial charge on any atom is -0.481 e. The lowest BCUT2D eigenvalue weighted by Crippen LogP contribution is -2.12. The first kappa shape index (κ1) is 13.7. The number of hydrogen-bond donors (Lipinski definition) is 1. The summed E-state index contributed by atoms with van der Waals surface area (Å²) >= 11 is 1.63. The molecule has 1 unspecified atom stereocenters. The molecular weight excluding hydrogens is 256 g/mol. The van der Waals surface area contributed by atoms with Crippen LogP contribution in [0.5, 0.6) is 0 Å². The predicted octanol–water partition coefficient (Wildman–Crippen LogP) is 3.86. The first-order valence-corrected chi connectivity index (χ1v) is 7.09. The molecule has 0 aliphatic carbocycles. The van der Waals surface area contributed by atoms with Gasteiger partial charge in [-0.3, -0.25) is 4.79 Å². The van der Waals surface area contributed by atoms with E-state index in [0.29, 0.717) is 0 Å². The van der Waals surface area contributed by atoms with Gasteiger partial charge in [-0.05, 0) is 24.1 Å². The largest absolute Gasteiger partial charge is 0.481 e. The Kier molecular flexibility index (Phi) is 5.04. The van der Waals surface area contributed by atoms with E-state index in [1.807, 2.05) is 60.7 Å². The number of carboxylic acid groups (broad SMARTS) is 1. The summed E-state index contributed by atoms with van der Waals surface area (Å²) in [7, 11) is 0. The van der Waals surface area contributed by atoms with Crippen LogP contribution in [-0.2, 0) is 11.2 Å². The molecule has 1 atom stereocenters. The molecule has 2 aromatic rings. The van der Waals surface area contributed by atoms with Gasteiger partial charge in [0, 0.05) is 10.1 Å². The predicted molar refractivity (Wildman–Crippen MR) is 78.5 cm³/mol. The van der Waals surface area contributed by atoms with Crippen molar-refractivity contribution in [1.29, 1.82) is 0 Å². The maximum Gasteiger partial charge on any atom is 0.304 e. The highest BCUT2D eigenvalue weighted by molar-refractivity contribution is 8.00. The summed E-state index contributed by atoms with van der Waals surface area (Å²) in [6.45, 7) is 0. The quantitative estimate of drug-likeness (QED) is 0.811. The number of thioether (sulfide) groups is 1. The molecule has 0 fully saturated rings. The minimum absolute atomic E-state index is 0.0577. The van der Waals surface area contributed by atoms with Gasteiger partial charge in [0.2, 0.25) is 0 Å². The molecule has 98 valence electrons. The Hall–Kier alpha value is -1.74. The summed E-state index contributed by atoms with van der Waals surface area (Å²) in [4.78, 5) is 12.1. The van der Waals surface area contributed by atoms with Crippen molar-refractivity contribution < 1.29 is 9.90 Å². The number of benzene rings is 2. The fourth-order valence-electron chi connectivity index (χ4n) is 1.92. The molecule has 3 heteroatoms. The van der Waals surface area contributed by atoms with E-state index in [4.69, 9.17) is 5.11 Å². The maximum absolute atomic E-state index is 11.0. The SMILES string of the molecule is O=C(O)CC(Cc1ccccc1)Sc1ccccc1. The molecule has 0 saturated carbocycles. The lowest BCUT2D eigenvalue weighted by atomic mass is 10.1. The first-order chi connectivity index (χ1) is 9.24. The Morgan fingerprint density at radius 3 is 2.16 bits per heavy atom. The van der Waals surface area contributed by atoms with Crippen LogP contribution in [0.25, 0.3) is 0 Å². The third kappa shape index (κ3) is 4.79. The average Bonchev–Trinajstić information content (AvgIpc) is 2.40. The Balaban J connectivity index is 2.06. The molecule has 0 aliphatic heterocycles. The van der Waals surface area contributed by atoms with Crippen molar-refractivity contribution in [3.63, 3.8) is 0 Å². The molecule has 0 heterocycles.